The van der Waals surface area contributed by atoms with E-state index >= 15 is 0 Å². The molecule has 1 aliphatic rings. The molecule has 26 heavy (non-hydrogen) atoms. The summed E-state index contributed by atoms with van der Waals surface area (Å²) in [5.41, 5.74) is 5.46. The largest absolute Gasteiger partial charge is 0.378 e. The fraction of sp³-hybridized carbons (Fsp3) is 0.412. The fourth-order valence-corrected chi connectivity index (χ4v) is 3.38. The van der Waals surface area contributed by atoms with Crippen LogP contribution in [0.2, 0.25) is 0 Å². The monoisotopic (exact) mass is 360 g/mol. The Balaban J connectivity index is 2.02. The second-order valence-electron chi connectivity index (χ2n) is 6.82. The number of nitro groups is 1. The lowest BCUT2D eigenvalue weighted by Gasteiger charge is -2.35. The van der Waals surface area contributed by atoms with E-state index in [1.807, 2.05) is 4.90 Å². The van der Waals surface area contributed by atoms with Gasteiger partial charge in [0.25, 0.3) is 0 Å². The quantitative estimate of drug-likeness (QED) is 0.635. The van der Waals surface area contributed by atoms with Crippen LogP contribution in [0.3, 0.4) is 0 Å². The van der Waals surface area contributed by atoms with Crippen molar-refractivity contribution in [2.24, 2.45) is 11.8 Å². The molecule has 9 heteroatoms. The Morgan fingerprint density at radius 2 is 1.92 bits per heavy atom. The number of nitrogens with two attached hydrogens (primary N) is 1. The standard InChI is InChI=1S/C17H21FN6O2/c1-10-7-11(2)9-23(8-10)17-21-15(19)14(24(25)26)16(22-17)20-13-6-4-3-5-12(13)18/h3-6,10-11H,7-9H2,1-2H3,(H3,19,20,21,22). The van der Waals surface area contributed by atoms with Crippen molar-refractivity contribution in [1.29, 1.82) is 0 Å². The number of para-hydroxylation sites is 1. The first-order valence-electron chi connectivity index (χ1n) is 8.43. The number of hydrogen-bond acceptors (Lipinski definition) is 7. The first-order valence-corrected chi connectivity index (χ1v) is 8.43. The molecule has 0 radical (unpaired) electrons. The first kappa shape index (κ1) is 17.8. The van der Waals surface area contributed by atoms with Gasteiger partial charge in [-0.1, -0.05) is 26.0 Å². The first-order chi connectivity index (χ1) is 12.3. The van der Waals surface area contributed by atoms with Crippen LogP contribution in [-0.2, 0) is 0 Å². The van der Waals surface area contributed by atoms with Gasteiger partial charge in [-0.15, -0.1) is 0 Å². The number of anilines is 4. The highest BCUT2D eigenvalue weighted by molar-refractivity contribution is 5.74. The van der Waals surface area contributed by atoms with E-state index in [2.05, 4.69) is 29.1 Å². The summed E-state index contributed by atoms with van der Waals surface area (Å²) in [4.78, 5) is 21.1. The third kappa shape index (κ3) is 3.66. The molecular weight excluding hydrogens is 339 g/mol. The van der Waals surface area contributed by atoms with Gasteiger partial charge >= 0.3 is 5.69 Å². The molecule has 2 atom stereocenters. The lowest BCUT2D eigenvalue weighted by Crippen LogP contribution is -2.39. The van der Waals surface area contributed by atoms with Crippen molar-refractivity contribution in [3.63, 3.8) is 0 Å². The number of hydrogen-bond donors (Lipinski definition) is 2. The Hall–Kier alpha value is -2.97. The predicted molar refractivity (Wildman–Crippen MR) is 97.9 cm³/mol. The van der Waals surface area contributed by atoms with E-state index in [-0.39, 0.29) is 17.3 Å². The molecular formula is C17H21FN6O2. The third-order valence-electron chi connectivity index (χ3n) is 4.36. The van der Waals surface area contributed by atoms with Gasteiger partial charge in [0.1, 0.15) is 5.82 Å². The molecule has 2 heterocycles. The van der Waals surface area contributed by atoms with Gasteiger partial charge in [-0.05, 0) is 30.4 Å². The van der Waals surface area contributed by atoms with Crippen LogP contribution >= 0.6 is 0 Å². The number of benzene rings is 1. The number of nitrogens with zero attached hydrogens (tertiary/aromatic N) is 4. The number of nitrogens with one attached hydrogen (secondary N) is 1. The molecule has 2 aromatic rings. The van der Waals surface area contributed by atoms with Crippen LogP contribution in [0.1, 0.15) is 20.3 Å². The van der Waals surface area contributed by atoms with Crippen LogP contribution in [-0.4, -0.2) is 28.0 Å². The number of piperidine rings is 1. The smallest absolute Gasteiger partial charge is 0.353 e. The summed E-state index contributed by atoms with van der Waals surface area (Å²) in [6, 6.07) is 5.89. The van der Waals surface area contributed by atoms with E-state index < -0.39 is 16.4 Å². The van der Waals surface area contributed by atoms with Crippen molar-refractivity contribution >= 4 is 29.0 Å². The maximum Gasteiger partial charge on any atom is 0.353 e. The van der Waals surface area contributed by atoms with Crippen LogP contribution in [0.25, 0.3) is 0 Å². The highest BCUT2D eigenvalue weighted by atomic mass is 19.1. The fourth-order valence-electron chi connectivity index (χ4n) is 3.38. The van der Waals surface area contributed by atoms with Crippen molar-refractivity contribution in [2.45, 2.75) is 20.3 Å². The summed E-state index contributed by atoms with van der Waals surface area (Å²) < 4.78 is 13.9. The van der Waals surface area contributed by atoms with E-state index in [1.54, 1.807) is 6.07 Å². The molecule has 3 rings (SSSR count). The minimum Gasteiger partial charge on any atom is -0.378 e. The van der Waals surface area contributed by atoms with Gasteiger partial charge < -0.3 is 16.0 Å². The summed E-state index contributed by atoms with van der Waals surface area (Å²) in [6.45, 7) is 5.74. The topological polar surface area (TPSA) is 110 Å². The minimum absolute atomic E-state index is 0.0834. The van der Waals surface area contributed by atoms with Gasteiger partial charge in [-0.25, -0.2) is 4.39 Å². The van der Waals surface area contributed by atoms with Gasteiger partial charge in [-0.3, -0.25) is 10.1 Å². The number of halogens is 1. The summed E-state index contributed by atoms with van der Waals surface area (Å²) in [5, 5.41) is 14.1. The van der Waals surface area contributed by atoms with Gasteiger partial charge in [0.05, 0.1) is 10.6 Å². The van der Waals surface area contributed by atoms with E-state index in [1.165, 1.54) is 18.2 Å². The summed E-state index contributed by atoms with van der Waals surface area (Å²) in [7, 11) is 0. The van der Waals surface area contributed by atoms with E-state index in [4.69, 9.17) is 5.73 Å². The van der Waals surface area contributed by atoms with E-state index in [9.17, 15) is 14.5 Å². The lowest BCUT2D eigenvalue weighted by molar-refractivity contribution is -0.383. The summed E-state index contributed by atoms with van der Waals surface area (Å²) in [5.74, 6) is 0.299. The van der Waals surface area contributed by atoms with Gasteiger partial charge in [-0.2, -0.15) is 9.97 Å². The normalized spacial score (nSPS) is 20.0. The molecule has 3 N–H and O–H groups in total. The third-order valence-corrected chi connectivity index (χ3v) is 4.36. The van der Waals surface area contributed by atoms with Crippen LogP contribution in [0.5, 0.6) is 0 Å². The van der Waals surface area contributed by atoms with Crippen molar-refractivity contribution < 1.29 is 9.31 Å². The van der Waals surface area contributed by atoms with Gasteiger partial charge in [0.15, 0.2) is 0 Å². The second kappa shape index (κ2) is 7.11. The molecule has 138 valence electrons. The van der Waals surface area contributed by atoms with E-state index in [0.29, 0.717) is 17.8 Å². The van der Waals surface area contributed by atoms with Gasteiger partial charge in [0.2, 0.25) is 17.6 Å². The Morgan fingerprint density at radius 1 is 1.27 bits per heavy atom. The van der Waals surface area contributed by atoms with Crippen LogP contribution in [0.15, 0.2) is 24.3 Å². The van der Waals surface area contributed by atoms with Crippen molar-refractivity contribution in [2.75, 3.05) is 29.0 Å². The van der Waals surface area contributed by atoms with Crippen molar-refractivity contribution in [3.05, 3.63) is 40.2 Å². The second-order valence-corrected chi connectivity index (χ2v) is 6.82. The van der Waals surface area contributed by atoms with Crippen molar-refractivity contribution in [1.82, 2.24) is 9.97 Å². The molecule has 0 bridgehead atoms. The van der Waals surface area contributed by atoms with Crippen LogP contribution < -0.4 is 16.0 Å². The molecule has 1 aromatic heterocycles. The SMILES string of the molecule is CC1CC(C)CN(c2nc(N)c([N+](=O)[O-])c(Nc3ccccc3F)n2)C1. The molecule has 8 nitrogen and oxygen atoms in total. The predicted octanol–water partition coefficient (Wildman–Crippen LogP) is 3.33. The number of aromatic nitrogens is 2. The zero-order valence-electron chi connectivity index (χ0n) is 14.6. The molecule has 1 aliphatic heterocycles. The number of rotatable bonds is 4. The molecule has 1 saturated heterocycles. The number of nitrogen functional groups attached to an aromatic ring is 1. The zero-order valence-corrected chi connectivity index (χ0v) is 14.6. The summed E-state index contributed by atoms with van der Waals surface area (Å²) >= 11 is 0. The van der Waals surface area contributed by atoms with Crippen LogP contribution in [0.4, 0.5) is 33.3 Å². The minimum atomic E-state index is -0.663. The van der Waals surface area contributed by atoms with E-state index in [0.717, 1.165) is 19.5 Å². The molecule has 0 aliphatic carbocycles. The molecule has 1 fully saturated rings. The molecule has 0 saturated carbocycles. The Bertz CT molecular complexity index is 821. The maximum atomic E-state index is 13.9. The lowest BCUT2D eigenvalue weighted by atomic mass is 9.92. The summed E-state index contributed by atoms with van der Waals surface area (Å²) in [6.07, 6.45) is 1.10. The Morgan fingerprint density at radius 3 is 2.54 bits per heavy atom. The van der Waals surface area contributed by atoms with Crippen LogP contribution in [0, 0.1) is 27.8 Å². The Labute approximate surface area is 150 Å². The maximum absolute atomic E-state index is 13.9. The zero-order chi connectivity index (χ0) is 18.8. The average Bonchev–Trinajstić information content (AvgIpc) is 2.55. The molecule has 0 spiro atoms. The van der Waals surface area contributed by atoms with Crippen molar-refractivity contribution in [3.8, 4) is 0 Å². The Kier molecular flexibility index (Phi) is 4.88. The molecule has 1 aromatic carbocycles. The molecule has 0 amide bonds. The highest BCUT2D eigenvalue weighted by Gasteiger charge is 2.29. The highest BCUT2D eigenvalue weighted by Crippen LogP contribution is 2.34. The molecule has 2 unspecified atom stereocenters. The van der Waals surface area contributed by atoms with Gasteiger partial charge in [0, 0.05) is 13.1 Å². The average molecular weight is 360 g/mol.